The normalized spacial score (nSPS) is 15.4. The number of benzene rings is 1. The van der Waals surface area contributed by atoms with Crippen molar-refractivity contribution >= 4 is 11.0 Å². The monoisotopic (exact) mass is 192 g/mol. The second-order valence-electron chi connectivity index (χ2n) is 3.08. The Bertz CT molecular complexity index is 466. The first-order valence-corrected chi connectivity index (χ1v) is 4.46. The lowest BCUT2D eigenvalue weighted by atomic mass is 10.2. The molecule has 1 aliphatic rings. The Morgan fingerprint density at radius 1 is 1.07 bits per heavy atom. The minimum Gasteiger partial charge on any atom is -0.489 e. The van der Waals surface area contributed by atoms with Crippen molar-refractivity contribution in [2.75, 3.05) is 13.2 Å². The smallest absolute Gasteiger partial charge is 0.192 e. The maximum atomic E-state index is 5.53. The highest BCUT2D eigenvalue weighted by atomic mass is 16.6. The number of rotatable bonds is 0. The lowest BCUT2D eigenvalue weighted by Crippen LogP contribution is -1.97. The molecule has 0 N–H and O–H groups in total. The summed E-state index contributed by atoms with van der Waals surface area (Å²) < 4.78 is 15.7. The molecule has 1 aromatic carbocycles. The van der Waals surface area contributed by atoms with E-state index in [-0.39, 0.29) is 0 Å². The van der Waals surface area contributed by atoms with Crippen LogP contribution in [0.15, 0.2) is 16.8 Å². The van der Waals surface area contributed by atoms with Gasteiger partial charge in [0.2, 0.25) is 0 Å². The topological polar surface area (TPSA) is 57.4 Å². The van der Waals surface area contributed by atoms with Crippen molar-refractivity contribution in [3.05, 3.63) is 12.1 Å². The fourth-order valence-corrected chi connectivity index (χ4v) is 1.48. The van der Waals surface area contributed by atoms with Crippen molar-refractivity contribution in [2.24, 2.45) is 0 Å². The molecule has 14 heavy (non-hydrogen) atoms. The third-order valence-corrected chi connectivity index (χ3v) is 2.14. The third kappa shape index (κ3) is 1.02. The predicted octanol–water partition coefficient (Wildman–Crippen LogP) is 1.38. The van der Waals surface area contributed by atoms with Gasteiger partial charge >= 0.3 is 0 Å². The van der Waals surface area contributed by atoms with Gasteiger partial charge in [0, 0.05) is 6.42 Å². The van der Waals surface area contributed by atoms with Crippen LogP contribution in [0.4, 0.5) is 0 Å². The molecule has 3 rings (SSSR count). The van der Waals surface area contributed by atoms with Crippen molar-refractivity contribution in [3.8, 4) is 11.5 Å². The van der Waals surface area contributed by atoms with Crippen LogP contribution < -0.4 is 9.47 Å². The number of nitrogens with zero attached hydrogens (tertiary/aromatic N) is 2. The summed E-state index contributed by atoms with van der Waals surface area (Å²) >= 11 is 0. The van der Waals surface area contributed by atoms with Crippen LogP contribution in [0, 0.1) is 0 Å². The first-order valence-electron chi connectivity index (χ1n) is 4.46. The Morgan fingerprint density at radius 3 is 3.00 bits per heavy atom. The Morgan fingerprint density at radius 2 is 2.00 bits per heavy atom. The van der Waals surface area contributed by atoms with Gasteiger partial charge in [0.15, 0.2) is 17.0 Å². The largest absolute Gasteiger partial charge is 0.489 e. The van der Waals surface area contributed by atoms with Crippen LogP contribution in [-0.4, -0.2) is 23.5 Å². The van der Waals surface area contributed by atoms with E-state index in [1.807, 2.05) is 6.07 Å². The second kappa shape index (κ2) is 2.87. The average Bonchev–Trinajstić information content (AvgIpc) is 2.55. The molecule has 0 radical (unpaired) electrons. The first kappa shape index (κ1) is 7.61. The minimum absolute atomic E-state index is 0.629. The Labute approximate surface area is 79.6 Å². The number of hydrogen-bond donors (Lipinski definition) is 0. The number of aromatic nitrogens is 2. The molecule has 0 unspecified atom stereocenters. The minimum atomic E-state index is 0.629. The van der Waals surface area contributed by atoms with Gasteiger partial charge in [0.1, 0.15) is 5.52 Å². The van der Waals surface area contributed by atoms with E-state index in [0.717, 1.165) is 6.42 Å². The highest BCUT2D eigenvalue weighted by Gasteiger charge is 2.16. The van der Waals surface area contributed by atoms with Crippen LogP contribution in [0.2, 0.25) is 0 Å². The molecule has 1 aromatic heterocycles. The summed E-state index contributed by atoms with van der Waals surface area (Å²) in [4.78, 5) is 0. The number of hydrogen-bond acceptors (Lipinski definition) is 5. The van der Waals surface area contributed by atoms with Gasteiger partial charge in [0.05, 0.1) is 13.2 Å². The molecule has 5 heteroatoms. The maximum Gasteiger partial charge on any atom is 0.192 e. The van der Waals surface area contributed by atoms with E-state index >= 15 is 0 Å². The summed E-state index contributed by atoms with van der Waals surface area (Å²) in [6.45, 7) is 1.31. The van der Waals surface area contributed by atoms with E-state index in [4.69, 9.17) is 9.47 Å². The molecule has 0 spiro atoms. The standard InChI is InChI=1S/C9H8N2O3/c1-4-12-7-3-2-6-8(11-14-10-6)9(7)13-5-1/h2-3H,1,4-5H2. The van der Waals surface area contributed by atoms with Gasteiger partial charge in [0.25, 0.3) is 0 Å². The van der Waals surface area contributed by atoms with Gasteiger partial charge in [-0.05, 0) is 22.4 Å². The number of ether oxygens (including phenoxy) is 2. The van der Waals surface area contributed by atoms with Gasteiger partial charge in [-0.1, -0.05) is 0 Å². The Kier molecular flexibility index (Phi) is 1.56. The summed E-state index contributed by atoms with van der Waals surface area (Å²) in [6.07, 6.45) is 0.876. The molecule has 5 nitrogen and oxygen atoms in total. The van der Waals surface area contributed by atoms with Crippen molar-refractivity contribution in [1.29, 1.82) is 0 Å². The zero-order valence-corrected chi connectivity index (χ0v) is 7.40. The van der Waals surface area contributed by atoms with E-state index in [9.17, 15) is 0 Å². The molecule has 2 aromatic rings. The van der Waals surface area contributed by atoms with Crippen LogP contribution >= 0.6 is 0 Å². The Hall–Kier alpha value is -1.78. The van der Waals surface area contributed by atoms with Crippen molar-refractivity contribution in [1.82, 2.24) is 10.3 Å². The zero-order valence-electron chi connectivity index (χ0n) is 7.40. The summed E-state index contributed by atoms with van der Waals surface area (Å²) in [6, 6.07) is 3.63. The summed E-state index contributed by atoms with van der Waals surface area (Å²) in [5.74, 6) is 1.35. The lowest BCUT2D eigenvalue weighted by molar-refractivity contribution is 0.295. The quantitative estimate of drug-likeness (QED) is 0.631. The third-order valence-electron chi connectivity index (χ3n) is 2.14. The van der Waals surface area contributed by atoms with E-state index in [1.54, 1.807) is 6.07 Å². The second-order valence-corrected chi connectivity index (χ2v) is 3.08. The van der Waals surface area contributed by atoms with Crippen molar-refractivity contribution < 1.29 is 14.1 Å². The summed E-state index contributed by atoms with van der Waals surface area (Å²) in [5, 5.41) is 7.52. The van der Waals surface area contributed by atoms with Gasteiger partial charge in [-0.15, -0.1) is 0 Å². The van der Waals surface area contributed by atoms with Crippen LogP contribution in [0.1, 0.15) is 6.42 Å². The SMILES string of the molecule is c1cc2nonc2c2c1OCCCO2. The lowest BCUT2D eigenvalue weighted by Gasteiger charge is -2.05. The van der Waals surface area contributed by atoms with Gasteiger partial charge in [-0.25, -0.2) is 4.63 Å². The molecular formula is C9H8N2O3. The van der Waals surface area contributed by atoms with Gasteiger partial charge in [-0.2, -0.15) is 0 Å². The average molecular weight is 192 g/mol. The van der Waals surface area contributed by atoms with E-state index < -0.39 is 0 Å². The predicted molar refractivity (Wildman–Crippen MR) is 47.4 cm³/mol. The number of fused-ring (bicyclic) bond motifs is 3. The molecule has 0 fully saturated rings. The fourth-order valence-electron chi connectivity index (χ4n) is 1.48. The highest BCUT2D eigenvalue weighted by Crippen LogP contribution is 2.35. The Balaban J connectivity index is 2.26. The van der Waals surface area contributed by atoms with Gasteiger partial charge < -0.3 is 9.47 Å². The van der Waals surface area contributed by atoms with Gasteiger partial charge in [-0.3, -0.25) is 0 Å². The molecule has 72 valence electrons. The van der Waals surface area contributed by atoms with E-state index in [2.05, 4.69) is 14.9 Å². The first-order chi connectivity index (χ1) is 6.95. The molecule has 0 saturated carbocycles. The summed E-state index contributed by atoms with van der Waals surface area (Å²) in [5.41, 5.74) is 1.32. The van der Waals surface area contributed by atoms with E-state index in [1.165, 1.54) is 0 Å². The van der Waals surface area contributed by atoms with Crippen molar-refractivity contribution in [2.45, 2.75) is 6.42 Å². The molecular weight excluding hydrogens is 184 g/mol. The van der Waals surface area contributed by atoms with Crippen LogP contribution in [-0.2, 0) is 0 Å². The maximum absolute atomic E-state index is 5.53. The van der Waals surface area contributed by atoms with E-state index in [0.29, 0.717) is 35.7 Å². The molecule has 0 atom stereocenters. The summed E-state index contributed by atoms with van der Waals surface area (Å²) in [7, 11) is 0. The van der Waals surface area contributed by atoms with Crippen LogP contribution in [0.3, 0.4) is 0 Å². The molecule has 0 bridgehead atoms. The zero-order chi connectivity index (χ0) is 9.38. The highest BCUT2D eigenvalue weighted by molar-refractivity contribution is 5.83. The van der Waals surface area contributed by atoms with Crippen molar-refractivity contribution in [3.63, 3.8) is 0 Å². The molecule has 1 aliphatic heterocycles. The molecule has 0 saturated heterocycles. The molecule has 0 amide bonds. The molecule has 0 aliphatic carbocycles. The molecule has 2 heterocycles. The van der Waals surface area contributed by atoms with Crippen LogP contribution in [0.25, 0.3) is 11.0 Å². The van der Waals surface area contributed by atoms with Crippen LogP contribution in [0.5, 0.6) is 11.5 Å². The fraction of sp³-hybridized carbons (Fsp3) is 0.333.